The van der Waals surface area contributed by atoms with Gasteiger partial charge in [-0.3, -0.25) is 4.90 Å². The Labute approximate surface area is 129 Å². The van der Waals surface area contributed by atoms with Crippen LogP contribution in [-0.2, 0) is 13.1 Å². The predicted molar refractivity (Wildman–Crippen MR) is 88.7 cm³/mol. The van der Waals surface area contributed by atoms with Gasteiger partial charge in [-0.05, 0) is 49.0 Å². The lowest BCUT2D eigenvalue weighted by molar-refractivity contribution is 0.279. The van der Waals surface area contributed by atoms with Gasteiger partial charge in [-0.1, -0.05) is 26.8 Å². The van der Waals surface area contributed by atoms with Crippen molar-refractivity contribution in [2.75, 3.05) is 26.7 Å². The number of likely N-dealkylation sites (tertiary alicyclic amines) is 1. The van der Waals surface area contributed by atoms with Crippen molar-refractivity contribution in [1.82, 2.24) is 10.2 Å². The number of nitrogens with one attached hydrogen (secondary N) is 1. The van der Waals surface area contributed by atoms with Gasteiger partial charge < -0.3 is 10.1 Å². The van der Waals surface area contributed by atoms with E-state index in [1.807, 2.05) is 0 Å². The fourth-order valence-corrected chi connectivity index (χ4v) is 3.08. The summed E-state index contributed by atoms with van der Waals surface area (Å²) in [6, 6.07) is 6.57. The number of rotatable bonds is 7. The van der Waals surface area contributed by atoms with Crippen molar-refractivity contribution in [1.29, 1.82) is 0 Å². The van der Waals surface area contributed by atoms with Crippen molar-refractivity contribution in [3.05, 3.63) is 29.3 Å². The van der Waals surface area contributed by atoms with Crippen LogP contribution in [-0.4, -0.2) is 31.6 Å². The number of benzene rings is 1. The van der Waals surface area contributed by atoms with Gasteiger partial charge in [-0.25, -0.2) is 0 Å². The van der Waals surface area contributed by atoms with Crippen molar-refractivity contribution in [2.45, 2.75) is 46.7 Å². The lowest BCUT2D eigenvalue weighted by Gasteiger charge is -2.21. The predicted octanol–water partition coefficient (Wildman–Crippen LogP) is 3.43. The molecular formula is C18H30N2O. The molecule has 0 aliphatic carbocycles. The molecular weight excluding hydrogens is 260 g/mol. The second kappa shape index (κ2) is 7.28. The highest BCUT2D eigenvalue weighted by Crippen LogP contribution is 2.31. The molecule has 0 spiro atoms. The zero-order valence-electron chi connectivity index (χ0n) is 14.0. The molecule has 1 aromatic rings. The van der Waals surface area contributed by atoms with E-state index in [1.54, 1.807) is 7.11 Å². The molecule has 118 valence electrons. The highest BCUT2D eigenvalue weighted by molar-refractivity contribution is 5.37. The Bertz CT molecular complexity index is 457. The molecule has 1 N–H and O–H groups in total. The first-order chi connectivity index (χ1) is 10.0. The molecule has 21 heavy (non-hydrogen) atoms. The van der Waals surface area contributed by atoms with Gasteiger partial charge in [-0.15, -0.1) is 0 Å². The van der Waals surface area contributed by atoms with Gasteiger partial charge in [0.2, 0.25) is 0 Å². The van der Waals surface area contributed by atoms with Gasteiger partial charge >= 0.3 is 0 Å². The number of hydrogen-bond donors (Lipinski definition) is 1. The zero-order chi connectivity index (χ0) is 15.3. The second-order valence-corrected chi connectivity index (χ2v) is 6.95. The lowest BCUT2D eigenvalue weighted by atomic mass is 9.93. The third-order valence-corrected chi connectivity index (χ3v) is 4.25. The van der Waals surface area contributed by atoms with Gasteiger partial charge in [0.1, 0.15) is 5.75 Å². The molecule has 0 atom stereocenters. The van der Waals surface area contributed by atoms with Crippen molar-refractivity contribution >= 4 is 0 Å². The van der Waals surface area contributed by atoms with Crippen molar-refractivity contribution in [3.8, 4) is 5.75 Å². The first-order valence-electron chi connectivity index (χ1n) is 8.13. The Morgan fingerprint density at radius 1 is 1.33 bits per heavy atom. The van der Waals surface area contributed by atoms with Gasteiger partial charge in [0.15, 0.2) is 0 Å². The first kappa shape index (κ1) is 16.3. The summed E-state index contributed by atoms with van der Waals surface area (Å²) in [7, 11) is 1.77. The van der Waals surface area contributed by atoms with Crippen LogP contribution in [0.15, 0.2) is 18.2 Å². The van der Waals surface area contributed by atoms with Gasteiger partial charge in [0.05, 0.1) is 7.11 Å². The van der Waals surface area contributed by atoms with E-state index in [9.17, 15) is 0 Å². The molecule has 1 aliphatic rings. The van der Waals surface area contributed by atoms with Crippen LogP contribution in [0, 0.1) is 5.41 Å². The minimum absolute atomic E-state index is 0.452. The monoisotopic (exact) mass is 290 g/mol. The van der Waals surface area contributed by atoms with Crippen LogP contribution in [0.3, 0.4) is 0 Å². The maximum Gasteiger partial charge on any atom is 0.123 e. The van der Waals surface area contributed by atoms with Crippen molar-refractivity contribution < 1.29 is 4.74 Å². The largest absolute Gasteiger partial charge is 0.496 e. The average molecular weight is 290 g/mol. The molecule has 1 heterocycles. The summed E-state index contributed by atoms with van der Waals surface area (Å²) >= 11 is 0. The quantitative estimate of drug-likeness (QED) is 0.779. The van der Waals surface area contributed by atoms with E-state index >= 15 is 0 Å². The third-order valence-electron chi connectivity index (χ3n) is 4.25. The molecule has 3 heteroatoms. The summed E-state index contributed by atoms with van der Waals surface area (Å²) in [6.45, 7) is 12.3. The number of methoxy groups -OCH3 is 1. The van der Waals surface area contributed by atoms with E-state index in [0.29, 0.717) is 5.41 Å². The summed E-state index contributed by atoms with van der Waals surface area (Å²) in [6.07, 6.45) is 2.46. The smallest absolute Gasteiger partial charge is 0.123 e. The Balaban J connectivity index is 2.03. The summed E-state index contributed by atoms with van der Waals surface area (Å²) < 4.78 is 5.54. The average Bonchev–Trinajstić information content (AvgIpc) is 2.78. The molecule has 1 saturated heterocycles. The van der Waals surface area contributed by atoms with Crippen LogP contribution in [0.5, 0.6) is 5.75 Å². The fourth-order valence-electron chi connectivity index (χ4n) is 3.08. The molecule has 0 amide bonds. The second-order valence-electron chi connectivity index (χ2n) is 6.95. The molecule has 1 aliphatic heterocycles. The van der Waals surface area contributed by atoms with Gasteiger partial charge in [0, 0.05) is 25.2 Å². The van der Waals surface area contributed by atoms with E-state index in [1.165, 1.54) is 37.1 Å². The van der Waals surface area contributed by atoms with Crippen LogP contribution in [0.1, 0.15) is 44.7 Å². The van der Waals surface area contributed by atoms with E-state index in [2.05, 4.69) is 49.2 Å². The topological polar surface area (TPSA) is 24.5 Å². The molecule has 0 unspecified atom stereocenters. The first-order valence-corrected chi connectivity index (χ1v) is 8.13. The summed E-state index contributed by atoms with van der Waals surface area (Å²) in [5, 5.41) is 3.47. The van der Waals surface area contributed by atoms with Crippen LogP contribution in [0.4, 0.5) is 0 Å². The van der Waals surface area contributed by atoms with E-state index in [0.717, 1.165) is 25.4 Å². The van der Waals surface area contributed by atoms with E-state index in [4.69, 9.17) is 4.74 Å². The maximum atomic E-state index is 5.54. The minimum atomic E-state index is 0.452. The number of ether oxygens (including phenoxy) is 1. The Hall–Kier alpha value is -1.06. The highest BCUT2D eigenvalue weighted by atomic mass is 16.5. The van der Waals surface area contributed by atoms with Crippen LogP contribution >= 0.6 is 0 Å². The van der Waals surface area contributed by atoms with E-state index in [-0.39, 0.29) is 0 Å². The molecule has 0 saturated carbocycles. The van der Waals surface area contributed by atoms with Crippen molar-refractivity contribution in [3.63, 3.8) is 0 Å². The minimum Gasteiger partial charge on any atom is -0.496 e. The zero-order valence-corrected chi connectivity index (χ0v) is 14.0. The SMILES string of the molecule is CCCNCc1ccc(OC)c(CN2CCC(C)(C)C2)c1. The van der Waals surface area contributed by atoms with Gasteiger partial charge in [-0.2, -0.15) is 0 Å². The highest BCUT2D eigenvalue weighted by Gasteiger charge is 2.29. The summed E-state index contributed by atoms with van der Waals surface area (Å²) in [5.74, 6) is 1.01. The molecule has 1 fully saturated rings. The third kappa shape index (κ3) is 4.72. The fraction of sp³-hybridized carbons (Fsp3) is 0.667. The van der Waals surface area contributed by atoms with Crippen LogP contribution in [0.25, 0.3) is 0 Å². The molecule has 0 bridgehead atoms. The Morgan fingerprint density at radius 2 is 2.14 bits per heavy atom. The van der Waals surface area contributed by atoms with Crippen LogP contribution < -0.4 is 10.1 Å². The number of hydrogen-bond acceptors (Lipinski definition) is 3. The summed E-state index contributed by atoms with van der Waals surface area (Å²) in [4.78, 5) is 2.54. The standard InChI is InChI=1S/C18H30N2O/c1-5-9-19-12-15-6-7-17(21-4)16(11-15)13-20-10-8-18(2,3)14-20/h6-7,11,19H,5,8-10,12-14H2,1-4H3. The molecule has 0 radical (unpaired) electrons. The van der Waals surface area contributed by atoms with Gasteiger partial charge in [0.25, 0.3) is 0 Å². The normalized spacial score (nSPS) is 18.1. The lowest BCUT2D eigenvalue weighted by Crippen LogP contribution is -2.23. The maximum absolute atomic E-state index is 5.54. The van der Waals surface area contributed by atoms with E-state index < -0.39 is 0 Å². The molecule has 1 aromatic carbocycles. The Kier molecular flexibility index (Phi) is 5.65. The number of nitrogens with zero attached hydrogens (tertiary/aromatic N) is 1. The van der Waals surface area contributed by atoms with Crippen molar-refractivity contribution in [2.24, 2.45) is 5.41 Å². The van der Waals surface area contributed by atoms with Crippen LogP contribution in [0.2, 0.25) is 0 Å². The molecule has 3 nitrogen and oxygen atoms in total. The molecule has 2 rings (SSSR count). The molecule has 0 aromatic heterocycles. The Morgan fingerprint density at radius 3 is 2.76 bits per heavy atom. The summed E-state index contributed by atoms with van der Waals surface area (Å²) in [5.41, 5.74) is 3.11.